The highest BCUT2D eigenvalue weighted by molar-refractivity contribution is 5.61. The molecule has 0 saturated carbocycles. The summed E-state index contributed by atoms with van der Waals surface area (Å²) in [7, 11) is 0. The van der Waals surface area contributed by atoms with Crippen molar-refractivity contribution in [1.29, 1.82) is 0 Å². The van der Waals surface area contributed by atoms with Crippen molar-refractivity contribution in [1.82, 2.24) is 15.0 Å². The van der Waals surface area contributed by atoms with Crippen molar-refractivity contribution in [2.75, 3.05) is 36.1 Å². The van der Waals surface area contributed by atoms with Gasteiger partial charge >= 0.3 is 0 Å². The summed E-state index contributed by atoms with van der Waals surface area (Å²) in [6.45, 7) is 1.43. The summed E-state index contributed by atoms with van der Waals surface area (Å²) < 4.78 is 0. The molecule has 0 bridgehead atoms. The molecular formula is C24H27N5O3. The maximum atomic E-state index is 10.3. The molecule has 2 aromatic carbocycles. The van der Waals surface area contributed by atoms with Crippen molar-refractivity contribution in [2.45, 2.75) is 31.3 Å². The molecule has 1 aromatic heterocycles. The number of phenols is 1. The zero-order valence-electron chi connectivity index (χ0n) is 17.8. The summed E-state index contributed by atoms with van der Waals surface area (Å²) in [6.07, 6.45) is 2.68. The first-order valence-electron chi connectivity index (χ1n) is 11.1. The maximum Gasteiger partial charge on any atom is 0.231 e. The molecule has 3 heterocycles. The molecular weight excluding hydrogens is 406 g/mol. The predicted molar refractivity (Wildman–Crippen MR) is 122 cm³/mol. The second-order valence-electron chi connectivity index (χ2n) is 8.32. The first kappa shape index (κ1) is 20.7. The van der Waals surface area contributed by atoms with Gasteiger partial charge in [-0.25, -0.2) is 0 Å². The summed E-state index contributed by atoms with van der Waals surface area (Å²) in [4.78, 5) is 18.3. The smallest absolute Gasteiger partial charge is 0.231 e. The van der Waals surface area contributed by atoms with E-state index in [0.717, 1.165) is 31.4 Å². The average Bonchev–Trinajstić information content (AvgIpc) is 3.32. The van der Waals surface area contributed by atoms with Gasteiger partial charge in [0.05, 0.1) is 25.3 Å². The third-order valence-electron chi connectivity index (χ3n) is 6.40. The van der Waals surface area contributed by atoms with Crippen LogP contribution >= 0.6 is 0 Å². The predicted octanol–water partition coefficient (Wildman–Crippen LogP) is 2.30. The third-order valence-corrected chi connectivity index (χ3v) is 6.40. The molecule has 0 amide bonds. The highest BCUT2D eigenvalue weighted by Crippen LogP contribution is 2.34. The molecule has 0 spiro atoms. The van der Waals surface area contributed by atoms with E-state index in [1.54, 1.807) is 18.2 Å². The van der Waals surface area contributed by atoms with Crippen LogP contribution in [0.25, 0.3) is 11.4 Å². The lowest BCUT2D eigenvalue weighted by atomic mass is 9.93. The van der Waals surface area contributed by atoms with Crippen molar-refractivity contribution in [3.8, 4) is 17.1 Å². The van der Waals surface area contributed by atoms with Crippen LogP contribution in [0.1, 0.15) is 30.0 Å². The summed E-state index contributed by atoms with van der Waals surface area (Å²) >= 11 is 0. The number of nitrogens with zero attached hydrogens (tertiary/aromatic N) is 5. The fourth-order valence-electron chi connectivity index (χ4n) is 4.76. The number of anilines is 2. The number of benzene rings is 2. The van der Waals surface area contributed by atoms with Crippen molar-refractivity contribution < 1.29 is 15.3 Å². The molecule has 0 aliphatic carbocycles. The second-order valence-corrected chi connectivity index (χ2v) is 8.32. The van der Waals surface area contributed by atoms with Gasteiger partial charge in [0.2, 0.25) is 11.9 Å². The minimum Gasteiger partial charge on any atom is -0.508 e. The van der Waals surface area contributed by atoms with E-state index in [9.17, 15) is 15.3 Å². The fraction of sp³-hybridized carbons (Fsp3) is 0.375. The molecule has 32 heavy (non-hydrogen) atoms. The van der Waals surface area contributed by atoms with Gasteiger partial charge < -0.3 is 25.1 Å². The van der Waals surface area contributed by atoms with Crippen molar-refractivity contribution >= 4 is 11.9 Å². The van der Waals surface area contributed by atoms with Gasteiger partial charge in [-0.3, -0.25) is 0 Å². The van der Waals surface area contributed by atoms with Crippen LogP contribution < -0.4 is 9.80 Å². The van der Waals surface area contributed by atoms with Crippen molar-refractivity contribution in [3.05, 3.63) is 59.7 Å². The number of hydrogen-bond acceptors (Lipinski definition) is 8. The number of fused-ring (bicyclic) bond motifs is 1. The number of aliphatic hydroxyl groups is 2. The van der Waals surface area contributed by atoms with E-state index in [0.29, 0.717) is 29.8 Å². The van der Waals surface area contributed by atoms with E-state index in [4.69, 9.17) is 15.0 Å². The maximum absolute atomic E-state index is 10.3. The van der Waals surface area contributed by atoms with Gasteiger partial charge in [-0.05, 0) is 42.5 Å². The van der Waals surface area contributed by atoms with Crippen LogP contribution in [0.4, 0.5) is 11.9 Å². The number of rotatable bonds is 5. The highest BCUT2D eigenvalue weighted by atomic mass is 16.3. The Kier molecular flexibility index (Phi) is 5.63. The lowest BCUT2D eigenvalue weighted by molar-refractivity contribution is 0.255. The van der Waals surface area contributed by atoms with Crippen molar-refractivity contribution in [3.63, 3.8) is 0 Å². The molecule has 3 aromatic rings. The van der Waals surface area contributed by atoms with Crippen LogP contribution in [-0.2, 0) is 6.42 Å². The number of phenolic OH excluding ortho intramolecular Hbond substituents is 1. The lowest BCUT2D eigenvalue weighted by Gasteiger charge is -2.37. The topological polar surface area (TPSA) is 106 Å². The summed E-state index contributed by atoms with van der Waals surface area (Å²) in [5, 5.41) is 30.1. The number of hydrogen-bond donors (Lipinski definition) is 3. The van der Waals surface area contributed by atoms with Gasteiger partial charge in [0, 0.05) is 18.7 Å². The molecule has 2 aliphatic rings. The van der Waals surface area contributed by atoms with Crippen LogP contribution in [0.2, 0.25) is 0 Å². The van der Waals surface area contributed by atoms with Gasteiger partial charge in [0.1, 0.15) is 5.75 Å². The minimum absolute atomic E-state index is 0.0296. The van der Waals surface area contributed by atoms with Gasteiger partial charge in [0.15, 0.2) is 5.82 Å². The lowest BCUT2D eigenvalue weighted by Crippen LogP contribution is -2.39. The van der Waals surface area contributed by atoms with Gasteiger partial charge in [0.25, 0.3) is 0 Å². The average molecular weight is 434 g/mol. The largest absolute Gasteiger partial charge is 0.508 e. The Hall–Kier alpha value is -3.23. The van der Waals surface area contributed by atoms with E-state index in [-0.39, 0.29) is 31.0 Å². The molecule has 5 rings (SSSR count). The molecule has 3 N–H and O–H groups in total. The Labute approximate surface area is 186 Å². The molecule has 1 unspecified atom stereocenters. The van der Waals surface area contributed by atoms with Gasteiger partial charge in [-0.15, -0.1) is 0 Å². The first-order valence-corrected chi connectivity index (χ1v) is 11.1. The monoisotopic (exact) mass is 433 g/mol. The van der Waals surface area contributed by atoms with E-state index >= 15 is 0 Å². The molecule has 2 aliphatic heterocycles. The summed E-state index contributed by atoms with van der Waals surface area (Å²) in [5.74, 6) is 1.60. The Bertz CT molecular complexity index is 1110. The summed E-state index contributed by atoms with van der Waals surface area (Å²) in [5.41, 5.74) is 2.99. The number of aliphatic hydroxyl groups excluding tert-OH is 2. The standard InChI is InChI=1S/C24H27N5O3/c30-14-18-7-4-11-28(18)23-25-22(17-6-3-8-19(32)13-17)26-24(27-23)29-12-10-16-5-1-2-9-20(16)21(29)15-31/h1-3,5-6,8-9,13,18,21,30-32H,4,7,10-12,14-15H2/t18-,21?/m1/s1. The van der Waals surface area contributed by atoms with E-state index < -0.39 is 0 Å². The molecule has 1 saturated heterocycles. The van der Waals surface area contributed by atoms with Crippen LogP contribution in [0.15, 0.2) is 48.5 Å². The molecule has 0 radical (unpaired) electrons. The van der Waals surface area contributed by atoms with E-state index in [1.807, 2.05) is 34.1 Å². The van der Waals surface area contributed by atoms with E-state index in [2.05, 4.69) is 6.07 Å². The first-order chi connectivity index (χ1) is 15.7. The zero-order valence-corrected chi connectivity index (χ0v) is 17.8. The minimum atomic E-state index is -0.251. The molecule has 8 heteroatoms. The van der Waals surface area contributed by atoms with Crippen LogP contribution in [0.3, 0.4) is 0 Å². The van der Waals surface area contributed by atoms with Gasteiger partial charge in [-0.1, -0.05) is 36.4 Å². The Morgan fingerprint density at radius 2 is 1.69 bits per heavy atom. The third kappa shape index (κ3) is 3.76. The Morgan fingerprint density at radius 1 is 0.875 bits per heavy atom. The fourth-order valence-corrected chi connectivity index (χ4v) is 4.76. The van der Waals surface area contributed by atoms with Crippen LogP contribution in [0.5, 0.6) is 5.75 Å². The van der Waals surface area contributed by atoms with Crippen LogP contribution in [-0.4, -0.2) is 62.6 Å². The molecule has 1 fully saturated rings. The molecule has 8 nitrogen and oxygen atoms in total. The highest BCUT2D eigenvalue weighted by Gasteiger charge is 2.32. The quantitative estimate of drug-likeness (QED) is 0.563. The van der Waals surface area contributed by atoms with E-state index in [1.165, 1.54) is 5.56 Å². The molecule has 2 atom stereocenters. The normalized spacial score (nSPS) is 20.4. The summed E-state index contributed by atoms with van der Waals surface area (Å²) in [6, 6.07) is 14.7. The molecule has 166 valence electrons. The zero-order chi connectivity index (χ0) is 22.1. The number of aromatic hydroxyl groups is 1. The van der Waals surface area contributed by atoms with Gasteiger partial charge in [-0.2, -0.15) is 15.0 Å². The second kappa shape index (κ2) is 8.72. The Morgan fingerprint density at radius 3 is 2.47 bits per heavy atom. The van der Waals surface area contributed by atoms with Crippen LogP contribution in [0, 0.1) is 0 Å². The van der Waals surface area contributed by atoms with Crippen molar-refractivity contribution in [2.24, 2.45) is 0 Å². The Balaban J connectivity index is 1.61. The SMILES string of the molecule is OCC1c2ccccc2CCN1c1nc(-c2cccc(O)c2)nc(N2CCC[C@@H]2CO)n1. The number of aromatic nitrogens is 3.